The van der Waals surface area contributed by atoms with E-state index in [1.807, 2.05) is 85.8 Å². The lowest BCUT2D eigenvalue weighted by Gasteiger charge is -2.32. The summed E-state index contributed by atoms with van der Waals surface area (Å²) in [7, 11) is 1.58. The van der Waals surface area contributed by atoms with Crippen molar-refractivity contribution in [3.05, 3.63) is 95.6 Å². The standard InChI is InChI=1S/C27H29N5O3/c1-20-10-6-7-13-22(20)26(27(34)28-18-21-11-4-3-5-12-21)31(16-17-35-2)25(33)19-32-24-15-9-8-14-23(24)29-30-32/h3-15,26H,16-19H2,1-2H3,(H,28,34)/t26-/m0/s1. The van der Waals surface area contributed by atoms with Crippen LogP contribution in [0.3, 0.4) is 0 Å². The highest BCUT2D eigenvalue weighted by atomic mass is 16.5. The van der Waals surface area contributed by atoms with Crippen LogP contribution < -0.4 is 5.32 Å². The number of benzene rings is 3. The molecule has 0 saturated carbocycles. The van der Waals surface area contributed by atoms with Gasteiger partial charge >= 0.3 is 0 Å². The van der Waals surface area contributed by atoms with Gasteiger partial charge in [-0.25, -0.2) is 4.68 Å². The molecule has 0 spiro atoms. The van der Waals surface area contributed by atoms with Crippen molar-refractivity contribution in [1.82, 2.24) is 25.2 Å². The van der Waals surface area contributed by atoms with Gasteiger partial charge in [0.25, 0.3) is 0 Å². The van der Waals surface area contributed by atoms with Gasteiger partial charge in [0.15, 0.2) is 0 Å². The predicted molar refractivity (Wildman–Crippen MR) is 133 cm³/mol. The number of nitrogens with one attached hydrogen (secondary N) is 1. The number of para-hydroxylation sites is 1. The van der Waals surface area contributed by atoms with Crippen LogP contribution in [0.4, 0.5) is 0 Å². The largest absolute Gasteiger partial charge is 0.383 e. The molecule has 1 heterocycles. The van der Waals surface area contributed by atoms with Gasteiger partial charge < -0.3 is 15.0 Å². The van der Waals surface area contributed by atoms with Crippen molar-refractivity contribution in [2.45, 2.75) is 26.1 Å². The molecule has 0 unspecified atom stereocenters. The summed E-state index contributed by atoms with van der Waals surface area (Å²) in [5.74, 6) is -0.503. The first-order valence-electron chi connectivity index (χ1n) is 11.5. The molecule has 4 aromatic rings. The summed E-state index contributed by atoms with van der Waals surface area (Å²) in [6.45, 7) is 2.80. The van der Waals surface area contributed by atoms with Crippen molar-refractivity contribution in [1.29, 1.82) is 0 Å². The average molecular weight is 472 g/mol. The second-order valence-electron chi connectivity index (χ2n) is 8.28. The fourth-order valence-electron chi connectivity index (χ4n) is 4.07. The number of methoxy groups -OCH3 is 1. The number of rotatable bonds is 10. The molecule has 0 aliphatic carbocycles. The highest BCUT2D eigenvalue weighted by Crippen LogP contribution is 2.25. The molecule has 35 heavy (non-hydrogen) atoms. The number of hydrogen-bond acceptors (Lipinski definition) is 5. The minimum atomic E-state index is -0.822. The summed E-state index contributed by atoms with van der Waals surface area (Å²) >= 11 is 0. The third kappa shape index (κ3) is 5.73. The van der Waals surface area contributed by atoms with Crippen LogP contribution in [0.15, 0.2) is 78.9 Å². The van der Waals surface area contributed by atoms with Crippen molar-refractivity contribution < 1.29 is 14.3 Å². The highest BCUT2D eigenvalue weighted by Gasteiger charge is 2.32. The number of carbonyl (C=O) groups is 2. The predicted octanol–water partition coefficient (Wildman–Crippen LogP) is 3.27. The van der Waals surface area contributed by atoms with Crippen LogP contribution in [0.25, 0.3) is 11.0 Å². The first-order chi connectivity index (χ1) is 17.1. The van der Waals surface area contributed by atoms with Crippen LogP contribution in [-0.4, -0.2) is 52.0 Å². The van der Waals surface area contributed by atoms with Crippen molar-refractivity contribution in [2.24, 2.45) is 0 Å². The maximum atomic E-state index is 13.7. The normalized spacial score (nSPS) is 11.8. The second kappa shape index (κ2) is 11.4. The topological polar surface area (TPSA) is 89.3 Å². The monoisotopic (exact) mass is 471 g/mol. The van der Waals surface area contributed by atoms with Gasteiger partial charge in [0.05, 0.1) is 12.1 Å². The Bertz CT molecular complexity index is 1290. The number of amides is 2. The van der Waals surface area contributed by atoms with E-state index >= 15 is 0 Å². The quantitative estimate of drug-likeness (QED) is 0.383. The Kier molecular flexibility index (Phi) is 7.84. The molecule has 0 fully saturated rings. The second-order valence-corrected chi connectivity index (χ2v) is 8.28. The molecule has 0 saturated heterocycles. The zero-order valence-electron chi connectivity index (χ0n) is 19.9. The van der Waals surface area contributed by atoms with Gasteiger partial charge in [0, 0.05) is 20.2 Å². The molecule has 0 radical (unpaired) electrons. The lowest BCUT2D eigenvalue weighted by molar-refractivity contribution is -0.142. The number of aryl methyl sites for hydroxylation is 1. The summed E-state index contributed by atoms with van der Waals surface area (Å²) in [4.78, 5) is 28.9. The molecule has 4 rings (SSSR count). The van der Waals surface area contributed by atoms with Gasteiger partial charge in [0.2, 0.25) is 11.8 Å². The maximum Gasteiger partial charge on any atom is 0.247 e. The van der Waals surface area contributed by atoms with Gasteiger partial charge in [-0.1, -0.05) is 71.9 Å². The zero-order valence-corrected chi connectivity index (χ0v) is 19.9. The molecule has 3 aromatic carbocycles. The van der Waals surface area contributed by atoms with Crippen LogP contribution in [-0.2, 0) is 27.4 Å². The summed E-state index contributed by atoms with van der Waals surface area (Å²) in [5, 5.41) is 11.3. The Balaban J connectivity index is 1.65. The highest BCUT2D eigenvalue weighted by molar-refractivity contribution is 5.89. The van der Waals surface area contributed by atoms with Gasteiger partial charge in [-0.15, -0.1) is 5.10 Å². The van der Waals surface area contributed by atoms with Crippen molar-refractivity contribution in [2.75, 3.05) is 20.3 Å². The minimum Gasteiger partial charge on any atom is -0.383 e. The smallest absolute Gasteiger partial charge is 0.247 e. The number of fused-ring (bicyclic) bond motifs is 1. The third-order valence-electron chi connectivity index (χ3n) is 5.91. The van der Waals surface area contributed by atoms with Gasteiger partial charge in [-0.05, 0) is 35.7 Å². The van der Waals surface area contributed by atoms with E-state index in [0.29, 0.717) is 12.1 Å². The Morgan fingerprint density at radius 3 is 2.49 bits per heavy atom. The molecule has 1 N–H and O–H groups in total. The van der Waals surface area contributed by atoms with Crippen molar-refractivity contribution in [3.8, 4) is 0 Å². The fraction of sp³-hybridized carbons (Fsp3) is 0.259. The van der Waals surface area contributed by atoms with Crippen LogP contribution in [0, 0.1) is 6.92 Å². The van der Waals surface area contributed by atoms with E-state index in [4.69, 9.17) is 4.74 Å². The molecular weight excluding hydrogens is 442 g/mol. The van der Waals surface area contributed by atoms with E-state index in [-0.39, 0.29) is 31.5 Å². The molecule has 0 aliphatic heterocycles. The van der Waals surface area contributed by atoms with Gasteiger partial charge in [-0.2, -0.15) is 0 Å². The number of nitrogens with zero attached hydrogens (tertiary/aromatic N) is 4. The van der Waals surface area contributed by atoms with E-state index in [2.05, 4.69) is 15.6 Å². The van der Waals surface area contributed by atoms with Crippen LogP contribution in [0.1, 0.15) is 22.7 Å². The molecular formula is C27H29N5O3. The lowest BCUT2D eigenvalue weighted by Crippen LogP contribution is -2.46. The Labute approximate surface area is 204 Å². The summed E-state index contributed by atoms with van der Waals surface area (Å²) in [5.41, 5.74) is 4.14. The molecule has 1 atom stereocenters. The fourth-order valence-corrected chi connectivity index (χ4v) is 4.07. The Morgan fingerprint density at radius 2 is 1.71 bits per heavy atom. The molecule has 2 amide bonds. The summed E-state index contributed by atoms with van der Waals surface area (Å²) in [6.07, 6.45) is 0. The Morgan fingerprint density at radius 1 is 1.00 bits per heavy atom. The average Bonchev–Trinajstić information content (AvgIpc) is 3.29. The number of aromatic nitrogens is 3. The minimum absolute atomic E-state index is 0.0431. The Hall–Kier alpha value is -4.04. The maximum absolute atomic E-state index is 13.7. The van der Waals surface area contributed by atoms with Crippen molar-refractivity contribution >= 4 is 22.8 Å². The van der Waals surface area contributed by atoms with E-state index in [9.17, 15) is 9.59 Å². The van der Waals surface area contributed by atoms with E-state index in [1.165, 1.54) is 0 Å². The van der Waals surface area contributed by atoms with Crippen LogP contribution >= 0.6 is 0 Å². The first-order valence-corrected chi connectivity index (χ1v) is 11.5. The first kappa shape index (κ1) is 24.1. The molecule has 8 nitrogen and oxygen atoms in total. The number of carbonyl (C=O) groups excluding carboxylic acids is 2. The SMILES string of the molecule is COCCN(C(=O)Cn1nnc2ccccc21)[C@H](C(=O)NCc1ccccc1)c1ccccc1C. The van der Waals surface area contributed by atoms with E-state index < -0.39 is 6.04 Å². The van der Waals surface area contributed by atoms with Gasteiger partial charge in [0.1, 0.15) is 18.1 Å². The van der Waals surface area contributed by atoms with E-state index in [0.717, 1.165) is 22.2 Å². The van der Waals surface area contributed by atoms with E-state index in [1.54, 1.807) is 16.7 Å². The molecule has 0 bridgehead atoms. The lowest BCUT2D eigenvalue weighted by atomic mass is 9.98. The molecule has 0 aliphatic rings. The zero-order chi connectivity index (χ0) is 24.6. The molecule has 180 valence electrons. The third-order valence-corrected chi connectivity index (χ3v) is 5.91. The number of hydrogen-bond donors (Lipinski definition) is 1. The number of ether oxygens (including phenoxy) is 1. The van der Waals surface area contributed by atoms with Crippen molar-refractivity contribution in [3.63, 3.8) is 0 Å². The van der Waals surface area contributed by atoms with Crippen LogP contribution in [0.2, 0.25) is 0 Å². The van der Waals surface area contributed by atoms with Crippen LogP contribution in [0.5, 0.6) is 0 Å². The van der Waals surface area contributed by atoms with Gasteiger partial charge in [-0.3, -0.25) is 9.59 Å². The summed E-state index contributed by atoms with van der Waals surface area (Å²) < 4.78 is 6.86. The molecule has 1 aromatic heterocycles. The summed E-state index contributed by atoms with van der Waals surface area (Å²) in [6, 6.07) is 24.0. The molecule has 8 heteroatoms.